The Labute approximate surface area is 150 Å². The maximum atomic E-state index is 5.98. The van der Waals surface area contributed by atoms with E-state index in [0.29, 0.717) is 35.1 Å². The number of hydrogen-bond acceptors (Lipinski definition) is 7. The predicted octanol–water partition coefficient (Wildman–Crippen LogP) is 4.16. The third-order valence-corrected chi connectivity index (χ3v) is 3.36. The van der Waals surface area contributed by atoms with Crippen molar-refractivity contribution in [2.75, 3.05) is 11.9 Å². The Hall–Kier alpha value is -2.93. The van der Waals surface area contributed by atoms with E-state index in [1.54, 1.807) is 6.07 Å². The van der Waals surface area contributed by atoms with Crippen molar-refractivity contribution in [2.45, 2.75) is 13.8 Å². The average Bonchev–Trinajstić information content (AvgIpc) is 2.62. The largest absolute Gasteiger partial charge is 0.477 e. The number of hydrogen-bond donors (Lipinski definition) is 1. The van der Waals surface area contributed by atoms with E-state index in [2.05, 4.69) is 25.5 Å². The summed E-state index contributed by atoms with van der Waals surface area (Å²) in [7, 11) is 0. The molecular formula is C17H16ClN5O2. The maximum absolute atomic E-state index is 5.98. The first-order valence-electron chi connectivity index (χ1n) is 7.64. The zero-order valence-electron chi connectivity index (χ0n) is 13.7. The van der Waals surface area contributed by atoms with Gasteiger partial charge in [0.15, 0.2) is 0 Å². The zero-order valence-corrected chi connectivity index (χ0v) is 14.5. The Morgan fingerprint density at radius 1 is 1.08 bits per heavy atom. The van der Waals surface area contributed by atoms with Crippen LogP contribution in [0.4, 0.5) is 11.6 Å². The SMILES string of the molecule is CCOc1nc(Nc2ccc(Oc3ccc(C)nn3)cc2)ncc1Cl. The molecule has 0 aliphatic heterocycles. The number of nitrogens with zero attached hydrogens (tertiary/aromatic N) is 4. The molecule has 0 aliphatic carbocycles. The van der Waals surface area contributed by atoms with Crippen molar-refractivity contribution in [1.82, 2.24) is 20.2 Å². The normalized spacial score (nSPS) is 10.4. The molecule has 7 nitrogen and oxygen atoms in total. The lowest BCUT2D eigenvalue weighted by Gasteiger charge is -2.09. The van der Waals surface area contributed by atoms with Crippen LogP contribution >= 0.6 is 11.6 Å². The number of aromatic nitrogens is 4. The van der Waals surface area contributed by atoms with Crippen LogP contribution < -0.4 is 14.8 Å². The van der Waals surface area contributed by atoms with Crippen molar-refractivity contribution in [3.8, 4) is 17.5 Å². The van der Waals surface area contributed by atoms with Gasteiger partial charge in [0.25, 0.3) is 0 Å². The fourth-order valence-corrected chi connectivity index (χ4v) is 2.09. The molecule has 0 fully saturated rings. The molecule has 25 heavy (non-hydrogen) atoms. The fraction of sp³-hybridized carbons (Fsp3) is 0.176. The highest BCUT2D eigenvalue weighted by molar-refractivity contribution is 6.31. The molecule has 0 saturated heterocycles. The minimum absolute atomic E-state index is 0.347. The number of nitrogens with one attached hydrogen (secondary N) is 1. The lowest BCUT2D eigenvalue weighted by molar-refractivity contribution is 0.327. The van der Waals surface area contributed by atoms with Gasteiger partial charge in [-0.3, -0.25) is 0 Å². The maximum Gasteiger partial charge on any atom is 0.238 e. The van der Waals surface area contributed by atoms with E-state index in [4.69, 9.17) is 21.1 Å². The van der Waals surface area contributed by atoms with Gasteiger partial charge in [-0.1, -0.05) is 11.6 Å². The van der Waals surface area contributed by atoms with Crippen LogP contribution in [0, 0.1) is 6.92 Å². The number of rotatable bonds is 6. The minimum Gasteiger partial charge on any atom is -0.477 e. The molecule has 1 aromatic carbocycles. The molecule has 3 aromatic rings. The summed E-state index contributed by atoms with van der Waals surface area (Å²) in [5, 5.41) is 11.4. The van der Waals surface area contributed by atoms with Gasteiger partial charge >= 0.3 is 0 Å². The zero-order chi connectivity index (χ0) is 17.6. The summed E-state index contributed by atoms with van der Waals surface area (Å²) in [6.07, 6.45) is 1.50. The summed E-state index contributed by atoms with van der Waals surface area (Å²) < 4.78 is 11.0. The third-order valence-electron chi connectivity index (χ3n) is 3.10. The van der Waals surface area contributed by atoms with Crippen LogP contribution in [0.1, 0.15) is 12.6 Å². The molecule has 0 aliphatic rings. The summed E-state index contributed by atoms with van der Waals surface area (Å²) in [6.45, 7) is 4.21. The van der Waals surface area contributed by atoms with Crippen LogP contribution in [-0.2, 0) is 0 Å². The Kier molecular flexibility index (Phi) is 5.25. The quantitative estimate of drug-likeness (QED) is 0.709. The summed E-state index contributed by atoms with van der Waals surface area (Å²) in [5.41, 5.74) is 1.63. The van der Waals surface area contributed by atoms with Gasteiger partial charge in [-0.15, -0.1) is 5.10 Å². The first-order valence-corrected chi connectivity index (χ1v) is 8.02. The highest BCUT2D eigenvalue weighted by Crippen LogP contribution is 2.25. The molecule has 0 spiro atoms. The molecular weight excluding hydrogens is 342 g/mol. The fourth-order valence-electron chi connectivity index (χ4n) is 1.95. The standard InChI is InChI=1S/C17H16ClN5O2/c1-3-24-16-14(18)10-19-17(21-16)20-12-5-7-13(8-6-12)25-15-9-4-11(2)22-23-15/h4-10H,3H2,1-2H3,(H,19,20,21). The highest BCUT2D eigenvalue weighted by Gasteiger charge is 2.07. The second-order valence-electron chi connectivity index (χ2n) is 5.04. The highest BCUT2D eigenvalue weighted by atomic mass is 35.5. The minimum atomic E-state index is 0.347. The molecule has 0 atom stereocenters. The van der Waals surface area contributed by atoms with Crippen LogP contribution in [-0.4, -0.2) is 26.8 Å². The Bertz CT molecular complexity index is 841. The number of benzene rings is 1. The average molecular weight is 358 g/mol. The predicted molar refractivity (Wildman–Crippen MR) is 94.8 cm³/mol. The first kappa shape index (κ1) is 16.9. The van der Waals surface area contributed by atoms with Gasteiger partial charge in [0.1, 0.15) is 10.8 Å². The molecule has 8 heteroatoms. The van der Waals surface area contributed by atoms with Gasteiger partial charge in [0.05, 0.1) is 18.5 Å². The number of anilines is 2. The van der Waals surface area contributed by atoms with Gasteiger partial charge < -0.3 is 14.8 Å². The van der Waals surface area contributed by atoms with Gasteiger partial charge in [0.2, 0.25) is 17.7 Å². The van der Waals surface area contributed by atoms with E-state index in [9.17, 15) is 0 Å². The summed E-state index contributed by atoms with van der Waals surface area (Å²) in [6, 6.07) is 10.9. The van der Waals surface area contributed by atoms with E-state index < -0.39 is 0 Å². The van der Waals surface area contributed by atoms with Crippen LogP contribution in [0.5, 0.6) is 17.5 Å². The Morgan fingerprint density at radius 2 is 1.88 bits per heavy atom. The first-order chi connectivity index (χ1) is 12.1. The van der Waals surface area contributed by atoms with Crippen LogP contribution in [0.25, 0.3) is 0 Å². The third kappa shape index (κ3) is 4.54. The van der Waals surface area contributed by atoms with E-state index >= 15 is 0 Å². The van der Waals surface area contributed by atoms with Crippen LogP contribution in [0.15, 0.2) is 42.6 Å². The number of aryl methyl sites for hydroxylation is 1. The molecule has 0 amide bonds. The van der Waals surface area contributed by atoms with Crippen molar-refractivity contribution in [3.05, 3.63) is 53.3 Å². The lowest BCUT2D eigenvalue weighted by atomic mass is 10.3. The summed E-state index contributed by atoms with van der Waals surface area (Å²) in [5.74, 6) is 1.83. The topological polar surface area (TPSA) is 82.0 Å². The monoisotopic (exact) mass is 357 g/mol. The van der Waals surface area contributed by atoms with Crippen molar-refractivity contribution in [2.24, 2.45) is 0 Å². The van der Waals surface area contributed by atoms with Crippen molar-refractivity contribution >= 4 is 23.2 Å². The Morgan fingerprint density at radius 3 is 2.56 bits per heavy atom. The van der Waals surface area contributed by atoms with Crippen LogP contribution in [0.3, 0.4) is 0 Å². The molecule has 2 aromatic heterocycles. The van der Waals surface area contributed by atoms with Gasteiger partial charge in [-0.2, -0.15) is 10.1 Å². The number of halogens is 1. The second kappa shape index (κ2) is 7.76. The van der Waals surface area contributed by atoms with Crippen LogP contribution in [0.2, 0.25) is 5.02 Å². The Balaban J connectivity index is 1.68. The molecule has 0 saturated carbocycles. The molecule has 2 heterocycles. The van der Waals surface area contributed by atoms with Crippen molar-refractivity contribution in [3.63, 3.8) is 0 Å². The van der Waals surface area contributed by atoms with Gasteiger partial charge in [-0.25, -0.2) is 4.98 Å². The van der Waals surface area contributed by atoms with E-state index in [-0.39, 0.29) is 0 Å². The smallest absolute Gasteiger partial charge is 0.238 e. The summed E-state index contributed by atoms with van der Waals surface area (Å²) in [4.78, 5) is 8.36. The molecule has 0 radical (unpaired) electrons. The molecule has 128 valence electrons. The second-order valence-corrected chi connectivity index (χ2v) is 5.45. The van der Waals surface area contributed by atoms with E-state index in [1.807, 2.05) is 44.2 Å². The molecule has 0 unspecified atom stereocenters. The number of ether oxygens (including phenoxy) is 2. The van der Waals surface area contributed by atoms with Gasteiger partial charge in [0, 0.05) is 11.8 Å². The lowest BCUT2D eigenvalue weighted by Crippen LogP contribution is -2.01. The van der Waals surface area contributed by atoms with E-state index in [1.165, 1.54) is 6.20 Å². The van der Waals surface area contributed by atoms with E-state index in [0.717, 1.165) is 11.4 Å². The molecule has 0 bridgehead atoms. The van der Waals surface area contributed by atoms with Gasteiger partial charge in [-0.05, 0) is 44.2 Å². The molecule has 1 N–H and O–H groups in total. The molecule has 3 rings (SSSR count). The van der Waals surface area contributed by atoms with Crippen molar-refractivity contribution in [1.29, 1.82) is 0 Å². The van der Waals surface area contributed by atoms with Crippen molar-refractivity contribution < 1.29 is 9.47 Å². The summed E-state index contributed by atoms with van der Waals surface area (Å²) >= 11 is 5.98.